The molecule has 0 aromatic heterocycles. The van der Waals surface area contributed by atoms with Gasteiger partial charge < -0.3 is 10.8 Å². The largest absolute Gasteiger partial charge is 0.396 e. The zero-order valence-corrected chi connectivity index (χ0v) is 8.01. The van der Waals surface area contributed by atoms with E-state index in [0.717, 1.165) is 17.9 Å². The minimum absolute atomic E-state index is 0. The molecule has 0 aromatic carbocycles. The van der Waals surface area contributed by atoms with E-state index in [1.54, 1.807) is 11.8 Å². The van der Waals surface area contributed by atoms with Crippen molar-refractivity contribution < 1.29 is 5.11 Å². The van der Waals surface area contributed by atoms with E-state index in [2.05, 4.69) is 0 Å². The van der Waals surface area contributed by atoms with Crippen molar-refractivity contribution in [2.45, 2.75) is 12.8 Å². The number of thioether (sulfide) groups is 1. The predicted molar refractivity (Wildman–Crippen MR) is 52.8 cm³/mol. The highest BCUT2D eigenvalue weighted by Crippen LogP contribution is 2.02. The van der Waals surface area contributed by atoms with E-state index >= 15 is 0 Å². The Balaban J connectivity index is 0. The van der Waals surface area contributed by atoms with Crippen molar-refractivity contribution in [3.8, 4) is 0 Å². The van der Waals surface area contributed by atoms with Crippen LogP contribution in [0.3, 0.4) is 0 Å². The van der Waals surface area contributed by atoms with Gasteiger partial charge in [0.2, 0.25) is 0 Å². The number of nitrogens with one attached hydrogen (secondary N) is 1. The third-order valence-electron chi connectivity index (χ3n) is 0.970. The van der Waals surface area contributed by atoms with Crippen molar-refractivity contribution >= 4 is 30.0 Å². The van der Waals surface area contributed by atoms with Crippen molar-refractivity contribution in [3.05, 3.63) is 0 Å². The summed E-state index contributed by atoms with van der Waals surface area (Å²) in [6.45, 7) is 0.241. The van der Waals surface area contributed by atoms with Gasteiger partial charge in [-0.2, -0.15) is 11.8 Å². The van der Waals surface area contributed by atoms with Crippen LogP contribution in [0.15, 0.2) is 0 Å². The molecule has 0 aliphatic rings. The van der Waals surface area contributed by atoms with Crippen LogP contribution in [-0.2, 0) is 0 Å². The molecule has 0 bridgehead atoms. The van der Waals surface area contributed by atoms with Crippen LogP contribution in [0.2, 0.25) is 0 Å². The van der Waals surface area contributed by atoms with E-state index < -0.39 is 0 Å². The number of aliphatic hydroxyl groups is 1. The summed E-state index contributed by atoms with van der Waals surface area (Å²) >= 11 is 1.69. The van der Waals surface area contributed by atoms with E-state index in [9.17, 15) is 0 Å². The Morgan fingerprint density at radius 2 is 2.09 bits per heavy atom. The maximum Gasteiger partial charge on any atom is 0.0905 e. The van der Waals surface area contributed by atoms with E-state index in [0.29, 0.717) is 6.42 Å². The first-order chi connectivity index (χ1) is 4.77. The van der Waals surface area contributed by atoms with E-state index in [4.69, 9.17) is 16.2 Å². The second kappa shape index (κ2) is 10.1. The average molecular weight is 199 g/mol. The van der Waals surface area contributed by atoms with Crippen molar-refractivity contribution in [1.29, 1.82) is 5.41 Å². The predicted octanol–water partition coefficient (Wildman–Crippen LogP) is 0.850. The standard InChI is InChI=1S/C6H14N2OS.ClH/c7-6(8)2-1-4-10-5-3-9;/h9H,1-5H2,(H3,7,8);1H. The molecular formula is C6H15ClN2OS. The average Bonchev–Trinajstić information content (AvgIpc) is 1.87. The molecule has 11 heavy (non-hydrogen) atoms. The van der Waals surface area contributed by atoms with Crippen LogP contribution in [0.5, 0.6) is 0 Å². The van der Waals surface area contributed by atoms with Gasteiger partial charge in [0.25, 0.3) is 0 Å². The zero-order chi connectivity index (χ0) is 7.82. The van der Waals surface area contributed by atoms with E-state index in [1.165, 1.54) is 0 Å². The van der Waals surface area contributed by atoms with Crippen LogP contribution < -0.4 is 5.73 Å². The highest BCUT2D eigenvalue weighted by molar-refractivity contribution is 7.99. The van der Waals surface area contributed by atoms with Crippen LogP contribution in [-0.4, -0.2) is 29.1 Å². The van der Waals surface area contributed by atoms with Crippen LogP contribution in [0.4, 0.5) is 0 Å². The van der Waals surface area contributed by atoms with Crippen molar-refractivity contribution in [3.63, 3.8) is 0 Å². The summed E-state index contributed by atoms with van der Waals surface area (Å²) < 4.78 is 0. The Morgan fingerprint density at radius 3 is 2.55 bits per heavy atom. The van der Waals surface area contributed by atoms with Crippen molar-refractivity contribution in [2.24, 2.45) is 5.73 Å². The van der Waals surface area contributed by atoms with Crippen molar-refractivity contribution in [2.75, 3.05) is 18.1 Å². The van der Waals surface area contributed by atoms with Crippen LogP contribution >= 0.6 is 24.2 Å². The lowest BCUT2D eigenvalue weighted by molar-refractivity contribution is 0.322. The quantitative estimate of drug-likeness (QED) is 0.337. The minimum atomic E-state index is 0. The minimum Gasteiger partial charge on any atom is -0.396 e. The highest BCUT2D eigenvalue weighted by atomic mass is 35.5. The molecule has 0 unspecified atom stereocenters. The molecule has 0 aromatic rings. The number of halogens is 1. The molecule has 4 N–H and O–H groups in total. The number of nitrogens with two attached hydrogens (primary N) is 1. The molecular weight excluding hydrogens is 184 g/mol. The van der Waals surface area contributed by atoms with E-state index in [1.807, 2.05) is 0 Å². The molecule has 0 saturated heterocycles. The second-order valence-electron chi connectivity index (χ2n) is 1.96. The van der Waals surface area contributed by atoms with Gasteiger partial charge in [0.15, 0.2) is 0 Å². The van der Waals surface area contributed by atoms with Gasteiger partial charge in [-0.05, 0) is 12.2 Å². The summed E-state index contributed by atoms with van der Waals surface area (Å²) in [6.07, 6.45) is 1.62. The Hall–Kier alpha value is 0.0700. The Morgan fingerprint density at radius 1 is 1.45 bits per heavy atom. The molecule has 0 amide bonds. The third-order valence-corrected chi connectivity index (χ3v) is 2.02. The van der Waals surface area contributed by atoms with Gasteiger partial charge in [-0.25, -0.2) is 0 Å². The smallest absolute Gasteiger partial charge is 0.0905 e. The molecule has 0 radical (unpaired) electrons. The van der Waals surface area contributed by atoms with Crippen molar-refractivity contribution in [1.82, 2.24) is 0 Å². The summed E-state index contributed by atoms with van der Waals surface area (Å²) in [5.74, 6) is 2.03. The lowest BCUT2D eigenvalue weighted by Crippen LogP contribution is -2.09. The fraction of sp³-hybridized carbons (Fsp3) is 0.833. The number of rotatable bonds is 6. The van der Waals surface area contributed by atoms with Gasteiger partial charge >= 0.3 is 0 Å². The number of amidine groups is 1. The van der Waals surface area contributed by atoms with Crippen LogP contribution in [0, 0.1) is 5.41 Å². The first-order valence-corrected chi connectivity index (χ1v) is 4.44. The Kier molecular flexibility index (Phi) is 12.5. The molecule has 0 rings (SSSR count). The molecule has 0 fully saturated rings. The molecule has 0 aliphatic carbocycles. The summed E-state index contributed by atoms with van der Waals surface area (Å²) in [5.41, 5.74) is 5.13. The number of hydrogen-bond donors (Lipinski definition) is 3. The molecule has 0 heterocycles. The summed E-state index contributed by atoms with van der Waals surface area (Å²) in [5, 5.41) is 15.3. The normalized spacial score (nSPS) is 8.82. The Labute approximate surface area is 77.7 Å². The SMILES string of the molecule is Cl.N=C(N)CCCSCCO. The summed E-state index contributed by atoms with van der Waals surface area (Å²) in [7, 11) is 0. The van der Waals surface area contributed by atoms with Gasteiger partial charge in [-0.3, -0.25) is 5.41 Å². The van der Waals surface area contributed by atoms with E-state index in [-0.39, 0.29) is 24.8 Å². The van der Waals surface area contributed by atoms with Gasteiger partial charge in [-0.1, -0.05) is 0 Å². The van der Waals surface area contributed by atoms with Gasteiger partial charge in [0.05, 0.1) is 12.4 Å². The summed E-state index contributed by atoms with van der Waals surface area (Å²) in [4.78, 5) is 0. The Bertz CT molecular complexity index is 103. The van der Waals surface area contributed by atoms with Gasteiger partial charge in [0.1, 0.15) is 0 Å². The number of hydrogen-bond acceptors (Lipinski definition) is 3. The maximum atomic E-state index is 8.39. The van der Waals surface area contributed by atoms with Gasteiger partial charge in [0, 0.05) is 12.2 Å². The molecule has 0 spiro atoms. The molecule has 0 saturated carbocycles. The molecule has 5 heteroatoms. The second-order valence-corrected chi connectivity index (χ2v) is 3.19. The highest BCUT2D eigenvalue weighted by Gasteiger charge is 1.90. The third kappa shape index (κ3) is 13.1. The monoisotopic (exact) mass is 198 g/mol. The molecule has 3 nitrogen and oxygen atoms in total. The molecule has 0 atom stereocenters. The molecule has 68 valence electrons. The first-order valence-electron chi connectivity index (χ1n) is 3.29. The van der Waals surface area contributed by atoms with Crippen LogP contribution in [0.1, 0.15) is 12.8 Å². The zero-order valence-electron chi connectivity index (χ0n) is 6.38. The van der Waals surface area contributed by atoms with Crippen LogP contribution in [0.25, 0.3) is 0 Å². The number of aliphatic hydroxyl groups excluding tert-OH is 1. The topological polar surface area (TPSA) is 70.1 Å². The lowest BCUT2D eigenvalue weighted by Gasteiger charge is -1.97. The first kappa shape index (κ1) is 13.6. The lowest BCUT2D eigenvalue weighted by atomic mass is 10.3. The summed E-state index contributed by atoms with van der Waals surface area (Å²) in [6, 6.07) is 0. The fourth-order valence-corrected chi connectivity index (χ4v) is 1.21. The molecule has 0 aliphatic heterocycles. The maximum absolute atomic E-state index is 8.39. The fourth-order valence-electron chi connectivity index (χ4n) is 0.531. The van der Waals surface area contributed by atoms with Gasteiger partial charge in [-0.15, -0.1) is 12.4 Å².